The molecule has 166 valence electrons. The molecular formula is C21H18F2N4O4S. The molecule has 32 heavy (non-hydrogen) atoms. The third-order valence-corrected chi connectivity index (χ3v) is 6.06. The highest BCUT2D eigenvalue weighted by molar-refractivity contribution is 7.92. The number of hydrogen-bond donors (Lipinski definition) is 2. The van der Waals surface area contributed by atoms with Crippen LogP contribution in [0.1, 0.15) is 12.6 Å². The molecule has 2 aromatic rings. The van der Waals surface area contributed by atoms with E-state index in [9.17, 15) is 22.4 Å². The quantitative estimate of drug-likeness (QED) is 0.413. The lowest BCUT2D eigenvalue weighted by molar-refractivity contribution is 0.180. The molecule has 4 rings (SSSR count). The zero-order valence-electron chi connectivity index (χ0n) is 17.0. The number of benzene rings is 1. The second kappa shape index (κ2) is 8.08. The molecule has 0 aliphatic carbocycles. The number of anilines is 1. The maximum atomic E-state index is 14.2. The highest BCUT2D eigenvalue weighted by Gasteiger charge is 2.22. The molecule has 0 fully saturated rings. The Kier molecular flexibility index (Phi) is 5.43. The van der Waals surface area contributed by atoms with Crippen molar-refractivity contribution >= 4 is 15.7 Å². The van der Waals surface area contributed by atoms with Gasteiger partial charge >= 0.3 is 0 Å². The number of fused-ring (bicyclic) bond motifs is 1. The van der Waals surface area contributed by atoms with Gasteiger partial charge in [-0.3, -0.25) is 4.72 Å². The fourth-order valence-corrected chi connectivity index (χ4v) is 3.75. The van der Waals surface area contributed by atoms with Crippen molar-refractivity contribution in [1.29, 1.82) is 0 Å². The zero-order chi connectivity index (χ0) is 23.0. The van der Waals surface area contributed by atoms with Gasteiger partial charge in [-0.2, -0.15) is 4.73 Å². The highest BCUT2D eigenvalue weighted by atomic mass is 32.2. The first-order chi connectivity index (χ1) is 15.2. The first kappa shape index (κ1) is 21.5. The van der Waals surface area contributed by atoms with Crippen LogP contribution >= 0.6 is 0 Å². The van der Waals surface area contributed by atoms with E-state index in [1.54, 1.807) is 19.1 Å². The van der Waals surface area contributed by atoms with Gasteiger partial charge in [0.25, 0.3) is 0 Å². The van der Waals surface area contributed by atoms with E-state index in [0.29, 0.717) is 28.5 Å². The van der Waals surface area contributed by atoms with Gasteiger partial charge in [-0.25, -0.2) is 27.2 Å². The summed E-state index contributed by atoms with van der Waals surface area (Å²) in [6.45, 7) is 3.14. The fourth-order valence-electron chi connectivity index (χ4n) is 3.14. The summed E-state index contributed by atoms with van der Waals surface area (Å²) in [5.74, 6) is -1.88. The molecule has 0 atom stereocenters. The van der Waals surface area contributed by atoms with Crippen LogP contribution < -0.4 is 9.46 Å². The topological polar surface area (TPSA) is 106 Å². The molecule has 0 bridgehead atoms. The number of pyridine rings is 2. The average Bonchev–Trinajstić information content (AvgIpc) is 3.24. The molecule has 2 N–H and O–H groups in total. The van der Waals surface area contributed by atoms with Gasteiger partial charge in [0.1, 0.15) is 5.82 Å². The highest BCUT2D eigenvalue weighted by Crippen LogP contribution is 2.40. The predicted molar refractivity (Wildman–Crippen MR) is 114 cm³/mol. The number of hydrogen-bond acceptors (Lipinski definition) is 6. The SMILES string of the molecule is CCS(=O)(=O)Nc1cnc(Oc2ccc(F)cc2F)c(-c2cc(C)n(O)c3nccc2-3)c1. The third kappa shape index (κ3) is 4.06. The van der Waals surface area contributed by atoms with E-state index >= 15 is 0 Å². The molecule has 8 nitrogen and oxygen atoms in total. The zero-order valence-corrected chi connectivity index (χ0v) is 17.8. The Labute approximate surface area is 182 Å². The van der Waals surface area contributed by atoms with Crippen molar-refractivity contribution in [3.63, 3.8) is 0 Å². The van der Waals surface area contributed by atoms with Crippen LogP contribution in [0.5, 0.6) is 11.6 Å². The molecule has 2 aliphatic rings. The molecule has 0 radical (unpaired) electrons. The predicted octanol–water partition coefficient (Wildman–Crippen LogP) is 4.43. The van der Waals surface area contributed by atoms with Gasteiger partial charge in [0, 0.05) is 29.0 Å². The first-order valence-corrected chi connectivity index (χ1v) is 11.1. The average molecular weight is 460 g/mol. The van der Waals surface area contributed by atoms with Crippen LogP contribution in [-0.4, -0.2) is 34.1 Å². The van der Waals surface area contributed by atoms with Crippen LogP contribution in [0.15, 0.2) is 48.8 Å². The molecule has 0 amide bonds. The number of nitrogens with one attached hydrogen (secondary N) is 1. The minimum absolute atomic E-state index is 0.0486. The Morgan fingerprint density at radius 2 is 1.88 bits per heavy atom. The lowest BCUT2D eigenvalue weighted by atomic mass is 10.0. The van der Waals surface area contributed by atoms with Gasteiger partial charge in [-0.05, 0) is 44.2 Å². The van der Waals surface area contributed by atoms with Crippen molar-refractivity contribution in [3.05, 3.63) is 66.1 Å². The van der Waals surface area contributed by atoms with E-state index in [-0.39, 0.29) is 28.9 Å². The summed E-state index contributed by atoms with van der Waals surface area (Å²) in [4.78, 5) is 8.31. The lowest BCUT2D eigenvalue weighted by Crippen LogP contribution is -2.15. The summed E-state index contributed by atoms with van der Waals surface area (Å²) in [5, 5.41) is 10.3. The van der Waals surface area contributed by atoms with Crippen molar-refractivity contribution in [2.75, 3.05) is 10.5 Å². The minimum atomic E-state index is -3.59. The third-order valence-electron chi connectivity index (χ3n) is 4.75. The van der Waals surface area contributed by atoms with Crippen LogP contribution in [0, 0.1) is 18.6 Å². The molecule has 0 spiro atoms. The van der Waals surface area contributed by atoms with Crippen LogP contribution in [0.25, 0.3) is 22.5 Å². The largest absolute Gasteiger partial charge is 0.435 e. The molecule has 3 heterocycles. The van der Waals surface area contributed by atoms with Crippen LogP contribution in [0.2, 0.25) is 0 Å². The number of sulfonamides is 1. The van der Waals surface area contributed by atoms with Crippen molar-refractivity contribution < 1.29 is 27.1 Å². The molecule has 1 aromatic carbocycles. The van der Waals surface area contributed by atoms with Crippen LogP contribution in [0.3, 0.4) is 0 Å². The summed E-state index contributed by atoms with van der Waals surface area (Å²) in [5.41, 5.74) is 1.96. The number of ether oxygens (including phenoxy) is 1. The number of aromatic nitrogens is 3. The lowest BCUT2D eigenvalue weighted by Gasteiger charge is -2.17. The Hall–Kier alpha value is -3.73. The maximum Gasteiger partial charge on any atom is 0.232 e. The molecule has 11 heteroatoms. The van der Waals surface area contributed by atoms with Crippen LogP contribution in [-0.2, 0) is 10.0 Å². The summed E-state index contributed by atoms with van der Waals surface area (Å²) < 4.78 is 60.5. The number of aryl methyl sites for hydroxylation is 1. The Bertz CT molecular complexity index is 1390. The Morgan fingerprint density at radius 1 is 1.09 bits per heavy atom. The summed E-state index contributed by atoms with van der Waals surface area (Å²) in [6, 6.07) is 7.62. The van der Waals surface area contributed by atoms with E-state index in [1.165, 1.54) is 25.4 Å². The van der Waals surface area contributed by atoms with Gasteiger partial charge in [0.05, 0.1) is 23.3 Å². The Balaban J connectivity index is 1.90. The molecular weight excluding hydrogens is 442 g/mol. The van der Waals surface area contributed by atoms with Crippen molar-refractivity contribution in [1.82, 2.24) is 14.7 Å². The minimum Gasteiger partial charge on any atom is -0.435 e. The van der Waals surface area contributed by atoms with E-state index in [0.717, 1.165) is 16.9 Å². The monoisotopic (exact) mass is 460 g/mol. The van der Waals surface area contributed by atoms with Gasteiger partial charge in [-0.15, -0.1) is 0 Å². The fraction of sp³-hybridized carbons (Fsp3) is 0.143. The molecule has 1 aromatic heterocycles. The van der Waals surface area contributed by atoms with Crippen molar-refractivity contribution in [3.8, 4) is 34.1 Å². The number of rotatable bonds is 6. The normalized spacial score (nSPS) is 11.6. The molecule has 0 saturated carbocycles. The van der Waals surface area contributed by atoms with E-state index < -0.39 is 21.7 Å². The van der Waals surface area contributed by atoms with Gasteiger partial charge in [0.15, 0.2) is 17.4 Å². The second-order valence-corrected chi connectivity index (χ2v) is 8.96. The molecule has 0 saturated heterocycles. The molecule has 2 aliphatic heterocycles. The Morgan fingerprint density at radius 3 is 2.59 bits per heavy atom. The van der Waals surface area contributed by atoms with Crippen LogP contribution in [0.4, 0.5) is 14.5 Å². The van der Waals surface area contributed by atoms with E-state index in [2.05, 4.69) is 14.7 Å². The maximum absolute atomic E-state index is 14.2. The number of halogens is 2. The van der Waals surface area contributed by atoms with Crippen molar-refractivity contribution in [2.45, 2.75) is 13.8 Å². The smallest absolute Gasteiger partial charge is 0.232 e. The standard InChI is InChI=1S/C21H18F2N4O4S/c1-3-32(29,30)26-14-10-17(16-8-12(2)27(28)20-15(16)6-7-24-20)21(25-11-14)31-19-5-4-13(22)9-18(19)23/h4-11,26,28H,3H2,1-2H3. The van der Waals surface area contributed by atoms with Gasteiger partial charge < -0.3 is 9.94 Å². The second-order valence-electron chi connectivity index (χ2n) is 6.95. The first-order valence-electron chi connectivity index (χ1n) is 9.48. The van der Waals surface area contributed by atoms with E-state index in [4.69, 9.17) is 4.74 Å². The van der Waals surface area contributed by atoms with Gasteiger partial charge in [0.2, 0.25) is 15.9 Å². The van der Waals surface area contributed by atoms with Crippen molar-refractivity contribution in [2.24, 2.45) is 0 Å². The molecule has 0 unspecified atom stereocenters. The summed E-state index contributed by atoms with van der Waals surface area (Å²) in [6.07, 6.45) is 2.73. The number of nitrogens with zero attached hydrogens (tertiary/aromatic N) is 3. The summed E-state index contributed by atoms with van der Waals surface area (Å²) in [7, 11) is -3.59. The van der Waals surface area contributed by atoms with Gasteiger partial charge in [-0.1, -0.05) is 0 Å². The van der Waals surface area contributed by atoms with E-state index in [1.807, 2.05) is 0 Å². The summed E-state index contributed by atoms with van der Waals surface area (Å²) >= 11 is 0.